The zero-order chi connectivity index (χ0) is 15.0. The van der Waals surface area contributed by atoms with Crippen molar-refractivity contribution in [1.29, 1.82) is 0 Å². The van der Waals surface area contributed by atoms with Gasteiger partial charge < -0.3 is 0 Å². The van der Waals surface area contributed by atoms with Gasteiger partial charge in [-0.25, -0.2) is 5.10 Å². The first kappa shape index (κ1) is 13.7. The summed E-state index contributed by atoms with van der Waals surface area (Å²) in [6.07, 6.45) is 0.474. The Morgan fingerprint density at radius 3 is 2.67 bits per heavy atom. The Morgan fingerprint density at radius 2 is 2.00 bits per heavy atom. The zero-order valence-corrected chi connectivity index (χ0v) is 12.6. The van der Waals surface area contributed by atoms with Crippen LogP contribution in [0.15, 0.2) is 29.1 Å². The van der Waals surface area contributed by atoms with E-state index in [1.807, 2.05) is 38.1 Å². The van der Waals surface area contributed by atoms with Crippen LogP contribution in [0.4, 0.5) is 0 Å². The van der Waals surface area contributed by atoms with Crippen molar-refractivity contribution in [2.75, 3.05) is 0 Å². The van der Waals surface area contributed by atoms with Crippen molar-refractivity contribution in [2.45, 2.75) is 26.8 Å². The minimum Gasteiger partial charge on any atom is -0.274 e. The normalized spacial score (nSPS) is 11.1. The summed E-state index contributed by atoms with van der Waals surface area (Å²) < 4.78 is 3.46. The largest absolute Gasteiger partial charge is 0.277 e. The number of aromatic amines is 1. The molecule has 3 aromatic rings. The molecule has 1 N–H and O–H groups in total. The Labute approximate surface area is 126 Å². The topological polar surface area (TPSA) is 68.0 Å². The van der Waals surface area contributed by atoms with Crippen molar-refractivity contribution in [3.63, 3.8) is 0 Å². The van der Waals surface area contributed by atoms with Crippen LogP contribution in [0.3, 0.4) is 0 Å². The van der Waals surface area contributed by atoms with Gasteiger partial charge in [0.05, 0.1) is 0 Å². The van der Waals surface area contributed by atoms with Gasteiger partial charge >= 0.3 is 0 Å². The Morgan fingerprint density at radius 1 is 1.29 bits per heavy atom. The van der Waals surface area contributed by atoms with Crippen LogP contribution in [0.2, 0.25) is 0 Å². The molecule has 0 saturated carbocycles. The van der Waals surface area contributed by atoms with Crippen LogP contribution in [-0.4, -0.2) is 24.4 Å². The zero-order valence-electron chi connectivity index (χ0n) is 11.8. The summed E-state index contributed by atoms with van der Waals surface area (Å²) in [7, 11) is 0. The van der Waals surface area contributed by atoms with Gasteiger partial charge in [0.15, 0.2) is 0 Å². The highest BCUT2D eigenvalue weighted by atomic mass is 32.1. The second-order valence-electron chi connectivity index (χ2n) is 4.90. The molecular formula is C14H15N5OS. The third kappa shape index (κ3) is 2.40. The molecule has 0 spiro atoms. The lowest BCUT2D eigenvalue weighted by atomic mass is 10.1. The first-order valence-corrected chi connectivity index (χ1v) is 7.13. The molecule has 1 aromatic carbocycles. The van der Waals surface area contributed by atoms with Crippen LogP contribution in [0.25, 0.3) is 5.78 Å². The predicted molar refractivity (Wildman–Crippen MR) is 82.1 cm³/mol. The number of nitrogens with one attached hydrogen (secondary N) is 1. The van der Waals surface area contributed by atoms with Gasteiger partial charge in [0, 0.05) is 13.0 Å². The lowest BCUT2D eigenvalue weighted by Gasteiger charge is -2.07. The van der Waals surface area contributed by atoms with E-state index in [1.54, 1.807) is 4.57 Å². The number of benzene rings is 1. The molecule has 0 fully saturated rings. The lowest BCUT2D eigenvalue weighted by Crippen LogP contribution is -2.28. The fraction of sp³-hybridized carbons (Fsp3) is 0.286. The Bertz CT molecular complexity index is 904. The molecule has 0 amide bonds. The van der Waals surface area contributed by atoms with Crippen LogP contribution in [0.1, 0.15) is 23.7 Å². The van der Waals surface area contributed by atoms with Gasteiger partial charge in [-0.15, -0.1) is 5.10 Å². The van der Waals surface area contributed by atoms with Crippen molar-refractivity contribution in [3.05, 3.63) is 56.2 Å². The molecule has 21 heavy (non-hydrogen) atoms. The molecule has 7 heteroatoms. The van der Waals surface area contributed by atoms with Gasteiger partial charge in [-0.3, -0.25) is 9.36 Å². The number of aryl methyl sites for hydroxylation is 2. The minimum atomic E-state index is -0.125. The van der Waals surface area contributed by atoms with Crippen LogP contribution >= 0.6 is 12.2 Å². The van der Waals surface area contributed by atoms with Gasteiger partial charge in [0.25, 0.3) is 11.3 Å². The number of H-pyrrole nitrogens is 1. The van der Waals surface area contributed by atoms with Gasteiger partial charge in [-0.05, 0) is 31.6 Å². The van der Waals surface area contributed by atoms with Crippen molar-refractivity contribution >= 4 is 18.0 Å². The second-order valence-corrected chi connectivity index (χ2v) is 5.29. The summed E-state index contributed by atoms with van der Waals surface area (Å²) in [5.41, 5.74) is 2.57. The number of rotatable bonds is 3. The molecule has 0 unspecified atom stereocenters. The first-order valence-electron chi connectivity index (χ1n) is 6.73. The number of hydrogen-bond donors (Lipinski definition) is 1. The Hall–Kier alpha value is -2.28. The monoisotopic (exact) mass is 301 g/mol. The van der Waals surface area contributed by atoms with Crippen molar-refractivity contribution < 1.29 is 0 Å². The minimum absolute atomic E-state index is 0.125. The van der Waals surface area contributed by atoms with E-state index in [0.29, 0.717) is 29.2 Å². The predicted octanol–water partition coefficient (Wildman–Crippen LogP) is 1.87. The van der Waals surface area contributed by atoms with Crippen LogP contribution in [0, 0.1) is 11.7 Å². The maximum atomic E-state index is 12.5. The molecule has 0 bridgehead atoms. The van der Waals surface area contributed by atoms with E-state index in [0.717, 1.165) is 5.56 Å². The molecular weight excluding hydrogens is 286 g/mol. The summed E-state index contributed by atoms with van der Waals surface area (Å²) in [6.45, 7) is 4.45. The quantitative estimate of drug-likeness (QED) is 0.750. The molecule has 0 aliphatic carbocycles. The Kier molecular flexibility index (Phi) is 3.42. The van der Waals surface area contributed by atoms with Crippen LogP contribution in [0.5, 0.6) is 0 Å². The maximum absolute atomic E-state index is 12.5. The van der Waals surface area contributed by atoms with Gasteiger partial charge in [0.2, 0.25) is 4.77 Å². The lowest BCUT2D eigenvalue weighted by molar-refractivity contribution is 0.671. The van der Waals surface area contributed by atoms with Crippen LogP contribution < -0.4 is 5.56 Å². The highest BCUT2D eigenvalue weighted by Crippen LogP contribution is 2.07. The van der Waals surface area contributed by atoms with Crippen molar-refractivity contribution in [3.8, 4) is 0 Å². The van der Waals surface area contributed by atoms with Gasteiger partial charge in [-0.2, -0.15) is 9.61 Å². The maximum Gasteiger partial charge on any atom is 0.277 e. The second kappa shape index (κ2) is 5.25. The standard InChI is InChI=1S/C14H15N5OS/c1-3-18-12(20)11(8-10-6-4-9(2)5-7-10)17-19-13(18)15-16-14(19)21/h4-7H,3,8H2,1-2H3,(H,16,21). The average molecular weight is 301 g/mol. The van der Waals surface area contributed by atoms with E-state index in [4.69, 9.17) is 12.2 Å². The molecule has 0 saturated heterocycles. The summed E-state index contributed by atoms with van der Waals surface area (Å²) in [6, 6.07) is 8.06. The molecule has 2 heterocycles. The van der Waals surface area contributed by atoms with Crippen molar-refractivity contribution in [2.24, 2.45) is 0 Å². The smallest absolute Gasteiger partial charge is 0.274 e. The fourth-order valence-corrected chi connectivity index (χ4v) is 2.42. The Balaban J connectivity index is 2.16. The fourth-order valence-electron chi connectivity index (χ4n) is 2.25. The summed E-state index contributed by atoms with van der Waals surface area (Å²) in [4.78, 5) is 12.5. The van der Waals surface area contributed by atoms with Gasteiger partial charge in [0.1, 0.15) is 5.69 Å². The van der Waals surface area contributed by atoms with E-state index >= 15 is 0 Å². The number of aromatic nitrogens is 5. The molecule has 3 rings (SSSR count). The van der Waals surface area contributed by atoms with E-state index in [1.165, 1.54) is 10.1 Å². The molecule has 0 radical (unpaired) electrons. The number of nitrogens with zero attached hydrogens (tertiary/aromatic N) is 4. The average Bonchev–Trinajstić information content (AvgIpc) is 2.83. The van der Waals surface area contributed by atoms with E-state index < -0.39 is 0 Å². The molecule has 0 aliphatic heterocycles. The van der Waals surface area contributed by atoms with E-state index in [9.17, 15) is 4.79 Å². The molecule has 0 aliphatic rings. The summed E-state index contributed by atoms with van der Waals surface area (Å²) >= 11 is 5.15. The van der Waals surface area contributed by atoms with Gasteiger partial charge in [-0.1, -0.05) is 29.8 Å². The summed E-state index contributed by atoms with van der Waals surface area (Å²) in [5.74, 6) is 0.445. The highest BCUT2D eigenvalue weighted by molar-refractivity contribution is 7.71. The summed E-state index contributed by atoms with van der Waals surface area (Å²) in [5, 5.41) is 11.1. The molecule has 0 atom stereocenters. The van der Waals surface area contributed by atoms with E-state index in [2.05, 4.69) is 15.3 Å². The SMILES string of the molecule is CCn1c(=O)c(Cc2ccc(C)cc2)nn2c(=S)[nH]nc12. The molecule has 2 aromatic heterocycles. The number of fused-ring (bicyclic) bond motifs is 1. The molecule has 6 nitrogen and oxygen atoms in total. The van der Waals surface area contributed by atoms with Crippen LogP contribution in [-0.2, 0) is 13.0 Å². The number of hydrogen-bond acceptors (Lipinski definition) is 4. The van der Waals surface area contributed by atoms with Crippen molar-refractivity contribution in [1.82, 2.24) is 24.4 Å². The molecule has 108 valence electrons. The first-order chi connectivity index (χ1) is 10.1. The third-order valence-electron chi connectivity index (χ3n) is 3.40. The third-order valence-corrected chi connectivity index (χ3v) is 3.66. The van der Waals surface area contributed by atoms with E-state index in [-0.39, 0.29) is 5.56 Å². The highest BCUT2D eigenvalue weighted by Gasteiger charge is 2.12.